The third-order valence-electron chi connectivity index (χ3n) is 4.01. The molecule has 0 radical (unpaired) electrons. The Morgan fingerprint density at radius 3 is 2.75 bits per heavy atom. The zero-order valence-corrected chi connectivity index (χ0v) is 12.8. The lowest BCUT2D eigenvalue weighted by atomic mass is 10.1. The van der Waals surface area contributed by atoms with Crippen LogP contribution in [0.2, 0.25) is 0 Å². The van der Waals surface area contributed by atoms with Gasteiger partial charge in [0.1, 0.15) is 5.82 Å². The van der Waals surface area contributed by atoms with E-state index in [1.54, 1.807) is 24.7 Å². The molecule has 4 heterocycles. The number of H-pyrrole nitrogens is 1. The van der Waals surface area contributed by atoms with Gasteiger partial charge in [-0.3, -0.25) is 4.79 Å². The molecule has 0 spiro atoms. The van der Waals surface area contributed by atoms with E-state index in [0.717, 1.165) is 17.3 Å². The van der Waals surface area contributed by atoms with Gasteiger partial charge >= 0.3 is 0 Å². The molecule has 1 aliphatic heterocycles. The minimum absolute atomic E-state index is 0.0804. The highest BCUT2D eigenvalue weighted by Crippen LogP contribution is 2.35. The quantitative estimate of drug-likeness (QED) is 0.724. The van der Waals surface area contributed by atoms with Crippen LogP contribution in [0.1, 0.15) is 24.2 Å². The van der Waals surface area contributed by atoms with Crippen LogP contribution in [0.3, 0.4) is 0 Å². The van der Waals surface area contributed by atoms with Crippen molar-refractivity contribution in [3.05, 3.63) is 64.2 Å². The summed E-state index contributed by atoms with van der Waals surface area (Å²) >= 11 is 0. The SMILES string of the molecule is CC1c2cnc(-c3ncccn3)nc2CN1c1cc(=O)cc(F)[nH]1. The van der Waals surface area contributed by atoms with E-state index >= 15 is 0 Å². The summed E-state index contributed by atoms with van der Waals surface area (Å²) in [5.74, 6) is 0.648. The number of fused-ring (bicyclic) bond motifs is 1. The van der Waals surface area contributed by atoms with Gasteiger partial charge < -0.3 is 9.88 Å². The minimum atomic E-state index is -0.662. The third kappa shape index (κ3) is 2.41. The number of aromatic amines is 1. The van der Waals surface area contributed by atoms with Crippen molar-refractivity contribution >= 4 is 5.82 Å². The van der Waals surface area contributed by atoms with Crippen LogP contribution in [0.15, 0.2) is 41.6 Å². The molecule has 3 aromatic heterocycles. The van der Waals surface area contributed by atoms with Crippen molar-refractivity contribution in [2.24, 2.45) is 0 Å². The predicted octanol–water partition coefficient (Wildman–Crippen LogP) is 1.84. The Morgan fingerprint density at radius 2 is 2.00 bits per heavy atom. The molecule has 4 rings (SSSR count). The van der Waals surface area contributed by atoms with Crippen molar-refractivity contribution in [1.29, 1.82) is 0 Å². The molecule has 0 bridgehead atoms. The average molecular weight is 324 g/mol. The van der Waals surface area contributed by atoms with E-state index in [0.29, 0.717) is 24.0 Å². The van der Waals surface area contributed by atoms with E-state index in [2.05, 4.69) is 24.9 Å². The second-order valence-corrected chi connectivity index (χ2v) is 5.52. The first-order valence-electron chi connectivity index (χ1n) is 7.41. The maximum Gasteiger partial charge on any atom is 0.198 e. The van der Waals surface area contributed by atoms with E-state index in [-0.39, 0.29) is 11.5 Å². The molecule has 120 valence electrons. The van der Waals surface area contributed by atoms with E-state index in [9.17, 15) is 9.18 Å². The lowest BCUT2D eigenvalue weighted by molar-refractivity contribution is 0.576. The fraction of sp³-hybridized carbons (Fsp3) is 0.188. The van der Waals surface area contributed by atoms with Crippen LogP contribution in [0, 0.1) is 5.95 Å². The maximum absolute atomic E-state index is 13.5. The summed E-state index contributed by atoms with van der Waals surface area (Å²) in [5.41, 5.74) is 1.36. The maximum atomic E-state index is 13.5. The van der Waals surface area contributed by atoms with E-state index in [4.69, 9.17) is 0 Å². The summed E-state index contributed by atoms with van der Waals surface area (Å²) in [6, 6.07) is 3.94. The summed E-state index contributed by atoms with van der Waals surface area (Å²) in [6.07, 6.45) is 4.99. The molecule has 0 fully saturated rings. The third-order valence-corrected chi connectivity index (χ3v) is 4.01. The van der Waals surface area contributed by atoms with Crippen LogP contribution in [-0.4, -0.2) is 24.9 Å². The molecule has 8 heteroatoms. The van der Waals surface area contributed by atoms with Gasteiger partial charge in [-0.1, -0.05) is 0 Å². The summed E-state index contributed by atoms with van der Waals surface area (Å²) in [4.78, 5) is 33.2. The molecule has 1 atom stereocenters. The molecule has 1 aliphatic rings. The Labute approximate surface area is 136 Å². The number of hydrogen-bond donors (Lipinski definition) is 1. The van der Waals surface area contributed by atoms with Crippen LogP contribution in [0.5, 0.6) is 0 Å². The highest BCUT2D eigenvalue weighted by molar-refractivity contribution is 5.50. The molecule has 0 saturated carbocycles. The number of pyridine rings is 1. The standard InChI is InChI=1S/C16H13FN6O/c1-9-11-7-20-16(15-18-3-2-4-19-15)21-12(11)8-23(9)14-6-10(24)5-13(17)22-14/h2-7,9H,8H2,1H3,(H,22,24). The monoisotopic (exact) mass is 324 g/mol. The van der Waals surface area contributed by atoms with E-state index in [1.807, 2.05) is 11.8 Å². The normalized spacial score (nSPS) is 16.2. The van der Waals surface area contributed by atoms with Gasteiger partial charge in [-0.15, -0.1) is 0 Å². The zero-order chi connectivity index (χ0) is 16.7. The second kappa shape index (κ2) is 5.48. The van der Waals surface area contributed by atoms with Gasteiger partial charge in [0, 0.05) is 36.3 Å². The van der Waals surface area contributed by atoms with Gasteiger partial charge in [-0.25, -0.2) is 19.9 Å². The number of nitrogens with one attached hydrogen (secondary N) is 1. The molecular weight excluding hydrogens is 311 g/mol. The lowest BCUT2D eigenvalue weighted by Crippen LogP contribution is -2.22. The van der Waals surface area contributed by atoms with Crippen LogP contribution in [0.4, 0.5) is 10.2 Å². The fourth-order valence-electron chi connectivity index (χ4n) is 2.83. The lowest BCUT2D eigenvalue weighted by Gasteiger charge is -2.23. The molecule has 0 amide bonds. The van der Waals surface area contributed by atoms with Crippen molar-refractivity contribution < 1.29 is 4.39 Å². The van der Waals surface area contributed by atoms with Gasteiger partial charge in [-0.05, 0) is 13.0 Å². The van der Waals surface area contributed by atoms with Crippen LogP contribution >= 0.6 is 0 Å². The predicted molar refractivity (Wildman–Crippen MR) is 84.7 cm³/mol. The first-order chi connectivity index (χ1) is 11.6. The number of anilines is 1. The minimum Gasteiger partial charge on any atom is -0.345 e. The number of nitrogens with zero attached hydrogens (tertiary/aromatic N) is 5. The number of rotatable bonds is 2. The number of hydrogen-bond acceptors (Lipinski definition) is 6. The largest absolute Gasteiger partial charge is 0.345 e. The Kier molecular flexibility index (Phi) is 3.30. The first-order valence-corrected chi connectivity index (χ1v) is 7.41. The highest BCUT2D eigenvalue weighted by Gasteiger charge is 2.30. The smallest absolute Gasteiger partial charge is 0.198 e. The van der Waals surface area contributed by atoms with Gasteiger partial charge in [0.15, 0.2) is 23.0 Å². The van der Waals surface area contributed by atoms with Crippen LogP contribution in [0.25, 0.3) is 11.6 Å². The second-order valence-electron chi connectivity index (χ2n) is 5.52. The Bertz CT molecular complexity index is 958. The van der Waals surface area contributed by atoms with Crippen molar-refractivity contribution in [2.45, 2.75) is 19.5 Å². The van der Waals surface area contributed by atoms with Crippen LogP contribution in [-0.2, 0) is 6.54 Å². The van der Waals surface area contributed by atoms with Crippen molar-refractivity contribution in [3.8, 4) is 11.6 Å². The van der Waals surface area contributed by atoms with E-state index < -0.39 is 5.95 Å². The highest BCUT2D eigenvalue weighted by atomic mass is 19.1. The topological polar surface area (TPSA) is 87.7 Å². The van der Waals surface area contributed by atoms with Crippen molar-refractivity contribution in [1.82, 2.24) is 24.9 Å². The van der Waals surface area contributed by atoms with E-state index in [1.165, 1.54) is 6.07 Å². The summed E-state index contributed by atoms with van der Waals surface area (Å²) in [6.45, 7) is 2.40. The molecule has 7 nitrogen and oxygen atoms in total. The Morgan fingerprint density at radius 1 is 1.21 bits per heavy atom. The average Bonchev–Trinajstić information content (AvgIpc) is 2.91. The molecule has 0 saturated heterocycles. The first kappa shape index (κ1) is 14.4. The van der Waals surface area contributed by atoms with Gasteiger partial charge in [-0.2, -0.15) is 4.39 Å². The van der Waals surface area contributed by atoms with Gasteiger partial charge in [0.05, 0.1) is 18.3 Å². The van der Waals surface area contributed by atoms with Crippen molar-refractivity contribution in [3.63, 3.8) is 0 Å². The molecule has 1 unspecified atom stereocenters. The molecule has 3 aromatic rings. The van der Waals surface area contributed by atoms with Gasteiger partial charge in [0.25, 0.3) is 0 Å². The Balaban J connectivity index is 1.72. The van der Waals surface area contributed by atoms with Crippen molar-refractivity contribution in [2.75, 3.05) is 4.90 Å². The molecule has 1 N–H and O–H groups in total. The molecular formula is C16H13FN6O. The zero-order valence-electron chi connectivity index (χ0n) is 12.8. The van der Waals surface area contributed by atoms with Crippen LogP contribution < -0.4 is 10.3 Å². The van der Waals surface area contributed by atoms with Gasteiger partial charge in [0.2, 0.25) is 0 Å². The molecule has 0 aliphatic carbocycles. The summed E-state index contributed by atoms with van der Waals surface area (Å²) in [7, 11) is 0. The molecule has 24 heavy (non-hydrogen) atoms. The number of halogens is 1. The Hall–Kier alpha value is -3.16. The summed E-state index contributed by atoms with van der Waals surface area (Å²) in [5, 5.41) is 0. The fourth-order valence-corrected chi connectivity index (χ4v) is 2.83. The number of aromatic nitrogens is 5. The summed E-state index contributed by atoms with van der Waals surface area (Å²) < 4.78 is 13.5. The molecule has 0 aromatic carbocycles.